The van der Waals surface area contributed by atoms with Crippen molar-refractivity contribution < 1.29 is 18.3 Å². The van der Waals surface area contributed by atoms with E-state index in [9.17, 15) is 18.3 Å². The number of aromatic hydroxyl groups is 1. The smallest absolute Gasteiger partial charge is 0.416 e. The molecule has 1 heterocycles. The van der Waals surface area contributed by atoms with E-state index in [0.29, 0.717) is 19.6 Å². The van der Waals surface area contributed by atoms with Crippen LogP contribution in [-0.2, 0) is 32.4 Å². The number of hydrogen-bond acceptors (Lipinski definition) is 3. The largest absolute Gasteiger partial charge is 0.507 e. The van der Waals surface area contributed by atoms with E-state index >= 15 is 0 Å². The number of aryl methyl sites for hydroxylation is 2. The van der Waals surface area contributed by atoms with Crippen LogP contribution in [-0.4, -0.2) is 19.6 Å². The molecule has 44 heavy (non-hydrogen) atoms. The standard InChI is InChI=1S/C37H38F3N3O/c1-4-5-20-43-33(34(30-12-8-6-9-13-30)41-36(43)31-14-10-7-11-15-31)25-42(24-29-21-26(2)35(44)27(3)22-29)23-28-16-18-32(19-17-28)37(38,39)40/h6-19,21-22,44H,4-5,20,23-25H2,1-3H3. The number of nitrogens with zero attached hydrogens (tertiary/aromatic N) is 3. The number of alkyl halides is 3. The Morgan fingerprint density at radius 2 is 1.32 bits per heavy atom. The summed E-state index contributed by atoms with van der Waals surface area (Å²) in [5, 5.41) is 10.4. The summed E-state index contributed by atoms with van der Waals surface area (Å²) >= 11 is 0. The normalized spacial score (nSPS) is 11.8. The maximum Gasteiger partial charge on any atom is 0.416 e. The summed E-state index contributed by atoms with van der Waals surface area (Å²) in [5.41, 5.74) is 6.74. The number of phenols is 1. The molecule has 0 saturated heterocycles. The summed E-state index contributed by atoms with van der Waals surface area (Å²) in [4.78, 5) is 7.47. The van der Waals surface area contributed by atoms with Gasteiger partial charge in [-0.25, -0.2) is 4.98 Å². The van der Waals surface area contributed by atoms with Crippen LogP contribution in [0.2, 0.25) is 0 Å². The zero-order valence-corrected chi connectivity index (χ0v) is 25.4. The van der Waals surface area contributed by atoms with Gasteiger partial charge in [0.2, 0.25) is 0 Å². The Balaban J connectivity index is 1.61. The molecular formula is C37H38F3N3O. The molecule has 4 nitrogen and oxygen atoms in total. The fourth-order valence-electron chi connectivity index (χ4n) is 5.67. The minimum atomic E-state index is -4.39. The van der Waals surface area contributed by atoms with E-state index in [2.05, 4.69) is 40.7 Å². The molecule has 0 unspecified atom stereocenters. The minimum Gasteiger partial charge on any atom is -0.507 e. The van der Waals surface area contributed by atoms with Gasteiger partial charge in [0.1, 0.15) is 11.6 Å². The highest BCUT2D eigenvalue weighted by Crippen LogP contribution is 2.33. The molecule has 1 aromatic heterocycles. The molecule has 0 radical (unpaired) electrons. The minimum absolute atomic E-state index is 0.277. The number of hydrogen-bond donors (Lipinski definition) is 1. The first-order chi connectivity index (χ1) is 21.1. The van der Waals surface area contributed by atoms with E-state index in [4.69, 9.17) is 4.98 Å². The first-order valence-corrected chi connectivity index (χ1v) is 15.0. The monoisotopic (exact) mass is 597 g/mol. The van der Waals surface area contributed by atoms with E-state index in [1.807, 2.05) is 62.4 Å². The third-order valence-electron chi connectivity index (χ3n) is 7.90. The van der Waals surface area contributed by atoms with Crippen LogP contribution >= 0.6 is 0 Å². The molecule has 7 heteroatoms. The van der Waals surface area contributed by atoms with Crippen molar-refractivity contribution in [2.24, 2.45) is 0 Å². The van der Waals surface area contributed by atoms with E-state index in [1.54, 1.807) is 12.1 Å². The van der Waals surface area contributed by atoms with Crippen LogP contribution in [0.3, 0.4) is 0 Å². The Kier molecular flexibility index (Phi) is 9.55. The summed E-state index contributed by atoms with van der Waals surface area (Å²) in [7, 11) is 0. The predicted octanol–water partition coefficient (Wildman–Crippen LogP) is 9.56. The van der Waals surface area contributed by atoms with Crippen LogP contribution in [0.4, 0.5) is 13.2 Å². The second kappa shape index (κ2) is 13.5. The molecule has 0 saturated carbocycles. The maximum absolute atomic E-state index is 13.3. The van der Waals surface area contributed by atoms with Crippen molar-refractivity contribution in [2.75, 3.05) is 0 Å². The van der Waals surface area contributed by atoms with Crippen molar-refractivity contribution >= 4 is 0 Å². The van der Waals surface area contributed by atoms with Gasteiger partial charge in [-0.1, -0.05) is 98.3 Å². The van der Waals surface area contributed by atoms with Gasteiger partial charge in [0.05, 0.1) is 17.0 Å². The lowest BCUT2D eigenvalue weighted by Crippen LogP contribution is -2.25. The number of benzene rings is 4. The van der Waals surface area contributed by atoms with Gasteiger partial charge >= 0.3 is 6.18 Å². The average molecular weight is 598 g/mol. The molecule has 1 N–H and O–H groups in total. The Morgan fingerprint density at radius 1 is 0.750 bits per heavy atom. The van der Waals surface area contributed by atoms with Crippen molar-refractivity contribution in [1.82, 2.24) is 14.5 Å². The predicted molar refractivity (Wildman–Crippen MR) is 170 cm³/mol. The van der Waals surface area contributed by atoms with Crippen molar-refractivity contribution in [1.29, 1.82) is 0 Å². The van der Waals surface area contributed by atoms with E-state index in [1.165, 1.54) is 0 Å². The van der Waals surface area contributed by atoms with Gasteiger partial charge in [-0.15, -0.1) is 0 Å². The molecule has 5 aromatic rings. The molecule has 228 valence electrons. The molecule has 0 amide bonds. The lowest BCUT2D eigenvalue weighted by Gasteiger charge is -2.25. The molecule has 0 bridgehead atoms. The van der Waals surface area contributed by atoms with E-state index < -0.39 is 11.7 Å². The molecule has 4 aromatic carbocycles. The Bertz CT molecular complexity index is 1650. The number of imidazole rings is 1. The highest BCUT2D eigenvalue weighted by molar-refractivity contribution is 5.68. The number of aromatic nitrogens is 2. The topological polar surface area (TPSA) is 41.3 Å². The zero-order chi connectivity index (χ0) is 31.3. The molecule has 0 spiro atoms. The quantitative estimate of drug-likeness (QED) is 0.165. The van der Waals surface area contributed by atoms with Crippen molar-refractivity contribution in [3.8, 4) is 28.4 Å². The first-order valence-electron chi connectivity index (χ1n) is 15.0. The van der Waals surface area contributed by atoms with Crippen molar-refractivity contribution in [3.05, 3.63) is 131 Å². The number of rotatable bonds is 11. The van der Waals surface area contributed by atoms with Gasteiger partial charge in [0.15, 0.2) is 0 Å². The van der Waals surface area contributed by atoms with Crippen LogP contribution < -0.4 is 0 Å². The summed E-state index contributed by atoms with van der Waals surface area (Å²) in [5.74, 6) is 1.18. The molecule has 0 aliphatic rings. The second-order valence-corrected chi connectivity index (χ2v) is 11.4. The highest BCUT2D eigenvalue weighted by Gasteiger charge is 2.30. The average Bonchev–Trinajstić information content (AvgIpc) is 3.37. The first kappa shape index (κ1) is 31.1. The van der Waals surface area contributed by atoms with Crippen LogP contribution in [0.15, 0.2) is 97.1 Å². The maximum atomic E-state index is 13.3. The van der Waals surface area contributed by atoms with Gasteiger partial charge in [-0.05, 0) is 54.7 Å². The molecule has 0 fully saturated rings. The molecule has 0 atom stereocenters. The number of halogens is 3. The van der Waals surface area contributed by atoms with Crippen LogP contribution in [0.25, 0.3) is 22.6 Å². The van der Waals surface area contributed by atoms with Gasteiger partial charge in [-0.3, -0.25) is 4.90 Å². The summed E-state index contributed by atoms with van der Waals surface area (Å²) in [6.45, 7) is 8.22. The van der Waals surface area contributed by atoms with Crippen molar-refractivity contribution in [2.45, 2.75) is 66.0 Å². The second-order valence-electron chi connectivity index (χ2n) is 11.4. The number of phenolic OH excluding ortho intramolecular Hbond substituents is 1. The third kappa shape index (κ3) is 7.22. The van der Waals surface area contributed by atoms with Crippen molar-refractivity contribution in [3.63, 3.8) is 0 Å². The molecular weight excluding hydrogens is 559 g/mol. The summed E-state index contributed by atoms with van der Waals surface area (Å²) in [6.07, 6.45) is -2.38. The summed E-state index contributed by atoms with van der Waals surface area (Å²) in [6, 6.07) is 29.7. The van der Waals surface area contributed by atoms with Crippen LogP contribution in [0.1, 0.15) is 53.3 Å². The Labute approximate surface area is 257 Å². The lowest BCUT2D eigenvalue weighted by molar-refractivity contribution is -0.137. The lowest BCUT2D eigenvalue weighted by atomic mass is 10.0. The SMILES string of the molecule is CCCCn1c(-c2ccccc2)nc(-c2ccccc2)c1CN(Cc1ccc(C(F)(F)F)cc1)Cc1cc(C)c(O)c(C)c1. The van der Waals surface area contributed by atoms with Gasteiger partial charge in [0.25, 0.3) is 0 Å². The third-order valence-corrected chi connectivity index (χ3v) is 7.90. The van der Waals surface area contributed by atoms with Gasteiger partial charge in [-0.2, -0.15) is 13.2 Å². The molecule has 0 aliphatic heterocycles. The molecule has 5 rings (SSSR count). The Hall–Kier alpha value is -4.36. The van der Waals surface area contributed by atoms with E-state index in [-0.39, 0.29) is 5.75 Å². The van der Waals surface area contributed by atoms with Gasteiger partial charge < -0.3 is 9.67 Å². The zero-order valence-electron chi connectivity index (χ0n) is 25.4. The van der Waals surface area contributed by atoms with Crippen LogP contribution in [0, 0.1) is 13.8 Å². The number of unbranched alkanes of at least 4 members (excludes halogenated alkanes) is 1. The molecule has 0 aliphatic carbocycles. The van der Waals surface area contributed by atoms with E-state index in [0.717, 1.165) is 82.1 Å². The fourth-order valence-corrected chi connectivity index (χ4v) is 5.67. The highest BCUT2D eigenvalue weighted by atomic mass is 19.4. The fraction of sp³-hybridized carbons (Fsp3) is 0.270. The van der Waals surface area contributed by atoms with Gasteiger partial charge in [0, 0.05) is 37.3 Å². The van der Waals surface area contributed by atoms with Crippen LogP contribution in [0.5, 0.6) is 5.75 Å². The Morgan fingerprint density at radius 3 is 1.89 bits per heavy atom. The summed E-state index contributed by atoms with van der Waals surface area (Å²) < 4.78 is 42.3.